The molecule has 4 nitrogen and oxygen atoms in total. The van der Waals surface area contributed by atoms with Gasteiger partial charge in [0, 0.05) is 18.2 Å². The first kappa shape index (κ1) is 10.4. The van der Waals surface area contributed by atoms with Crippen LogP contribution in [0.2, 0.25) is 0 Å². The van der Waals surface area contributed by atoms with Crippen molar-refractivity contribution in [2.75, 3.05) is 11.5 Å². The van der Waals surface area contributed by atoms with Gasteiger partial charge in [-0.1, -0.05) is 6.07 Å². The number of anilines is 1. The Labute approximate surface area is 93.1 Å². The zero-order valence-corrected chi connectivity index (χ0v) is 8.84. The molecule has 1 aromatic rings. The van der Waals surface area contributed by atoms with E-state index in [2.05, 4.69) is 0 Å². The first-order valence-corrected chi connectivity index (χ1v) is 5.01. The van der Waals surface area contributed by atoms with Gasteiger partial charge in [-0.3, -0.25) is 9.59 Å². The third-order valence-electron chi connectivity index (χ3n) is 2.20. The summed E-state index contributed by atoms with van der Waals surface area (Å²) >= 11 is 0. The maximum absolute atomic E-state index is 11.4. The SMILES string of the molecule is CCOc1cccc(N2C(=O)C=CC2=O)c1. The second kappa shape index (κ2) is 4.18. The average molecular weight is 217 g/mol. The number of hydrogen-bond donors (Lipinski definition) is 0. The Morgan fingerprint density at radius 2 is 1.88 bits per heavy atom. The molecular weight excluding hydrogens is 206 g/mol. The molecule has 0 saturated heterocycles. The Hall–Kier alpha value is -2.10. The number of rotatable bonds is 3. The molecule has 0 atom stereocenters. The molecule has 0 bridgehead atoms. The lowest BCUT2D eigenvalue weighted by molar-refractivity contribution is -0.119. The van der Waals surface area contributed by atoms with Crippen molar-refractivity contribution in [1.82, 2.24) is 0 Å². The highest BCUT2D eigenvalue weighted by Gasteiger charge is 2.25. The lowest BCUT2D eigenvalue weighted by Gasteiger charge is -2.14. The van der Waals surface area contributed by atoms with Gasteiger partial charge in [0.2, 0.25) is 0 Å². The second-order valence-electron chi connectivity index (χ2n) is 3.28. The summed E-state index contributed by atoms with van der Waals surface area (Å²) in [6, 6.07) is 6.91. The number of nitrogens with zero attached hydrogens (tertiary/aromatic N) is 1. The number of imide groups is 1. The van der Waals surface area contributed by atoms with Gasteiger partial charge >= 0.3 is 0 Å². The van der Waals surface area contributed by atoms with Gasteiger partial charge in [-0.05, 0) is 19.1 Å². The van der Waals surface area contributed by atoms with E-state index in [1.165, 1.54) is 12.2 Å². The van der Waals surface area contributed by atoms with Gasteiger partial charge in [0.05, 0.1) is 12.3 Å². The van der Waals surface area contributed by atoms with Crippen molar-refractivity contribution in [2.45, 2.75) is 6.92 Å². The molecule has 0 radical (unpaired) electrons. The van der Waals surface area contributed by atoms with E-state index in [1.54, 1.807) is 24.3 Å². The van der Waals surface area contributed by atoms with Crippen molar-refractivity contribution < 1.29 is 14.3 Å². The molecule has 0 aromatic heterocycles. The maximum atomic E-state index is 11.4. The van der Waals surface area contributed by atoms with Crippen LogP contribution in [-0.4, -0.2) is 18.4 Å². The largest absolute Gasteiger partial charge is 0.494 e. The van der Waals surface area contributed by atoms with Crippen LogP contribution in [0.25, 0.3) is 0 Å². The van der Waals surface area contributed by atoms with Gasteiger partial charge in [-0.2, -0.15) is 0 Å². The van der Waals surface area contributed by atoms with Gasteiger partial charge in [0.15, 0.2) is 0 Å². The topological polar surface area (TPSA) is 46.6 Å². The molecule has 1 aliphatic heterocycles. The highest BCUT2D eigenvalue weighted by molar-refractivity contribution is 6.28. The van der Waals surface area contributed by atoms with Crippen LogP contribution in [0.15, 0.2) is 36.4 Å². The molecule has 2 amide bonds. The molecule has 4 heteroatoms. The number of benzene rings is 1. The molecule has 1 aliphatic rings. The standard InChI is InChI=1S/C12H11NO3/c1-2-16-10-5-3-4-9(8-10)13-11(14)6-7-12(13)15/h3-8H,2H2,1H3. The zero-order chi connectivity index (χ0) is 11.5. The molecule has 0 N–H and O–H groups in total. The van der Waals surface area contributed by atoms with Crippen molar-refractivity contribution in [1.29, 1.82) is 0 Å². The van der Waals surface area contributed by atoms with Gasteiger partial charge in [-0.15, -0.1) is 0 Å². The van der Waals surface area contributed by atoms with Crippen molar-refractivity contribution in [3.05, 3.63) is 36.4 Å². The van der Waals surface area contributed by atoms with Crippen molar-refractivity contribution in [3.63, 3.8) is 0 Å². The van der Waals surface area contributed by atoms with Crippen LogP contribution in [0.3, 0.4) is 0 Å². The first-order valence-electron chi connectivity index (χ1n) is 5.01. The van der Waals surface area contributed by atoms with E-state index in [0.29, 0.717) is 18.0 Å². The minimum Gasteiger partial charge on any atom is -0.494 e. The summed E-state index contributed by atoms with van der Waals surface area (Å²) < 4.78 is 5.31. The molecule has 2 rings (SSSR count). The quantitative estimate of drug-likeness (QED) is 0.721. The van der Waals surface area contributed by atoms with E-state index in [-0.39, 0.29) is 11.8 Å². The predicted octanol–water partition coefficient (Wildman–Crippen LogP) is 1.51. The van der Waals surface area contributed by atoms with Crippen molar-refractivity contribution >= 4 is 17.5 Å². The summed E-state index contributed by atoms with van der Waals surface area (Å²) in [6.07, 6.45) is 2.52. The normalized spacial score (nSPS) is 14.7. The van der Waals surface area contributed by atoms with Crippen LogP contribution in [0.5, 0.6) is 5.75 Å². The fourth-order valence-electron chi connectivity index (χ4n) is 1.53. The lowest BCUT2D eigenvalue weighted by atomic mass is 10.2. The molecule has 1 heterocycles. The third kappa shape index (κ3) is 1.82. The summed E-state index contributed by atoms with van der Waals surface area (Å²) in [5.41, 5.74) is 0.533. The first-order chi connectivity index (χ1) is 7.72. The van der Waals surface area contributed by atoms with E-state index in [4.69, 9.17) is 4.74 Å². The van der Waals surface area contributed by atoms with E-state index >= 15 is 0 Å². The maximum Gasteiger partial charge on any atom is 0.258 e. The smallest absolute Gasteiger partial charge is 0.258 e. The summed E-state index contributed by atoms with van der Waals surface area (Å²) in [5.74, 6) is 0.00444. The highest BCUT2D eigenvalue weighted by atomic mass is 16.5. The summed E-state index contributed by atoms with van der Waals surface area (Å²) in [7, 11) is 0. The van der Waals surface area contributed by atoms with Gasteiger partial charge in [0.1, 0.15) is 5.75 Å². The summed E-state index contributed by atoms with van der Waals surface area (Å²) in [6.45, 7) is 2.42. The monoisotopic (exact) mass is 217 g/mol. The second-order valence-corrected chi connectivity index (χ2v) is 3.28. The minimum atomic E-state index is -0.321. The van der Waals surface area contributed by atoms with E-state index in [1.807, 2.05) is 6.92 Å². The number of amides is 2. The summed E-state index contributed by atoms with van der Waals surface area (Å²) in [4.78, 5) is 24.0. The van der Waals surface area contributed by atoms with Crippen LogP contribution in [0, 0.1) is 0 Å². The Morgan fingerprint density at radius 3 is 2.50 bits per heavy atom. The number of ether oxygens (including phenoxy) is 1. The van der Waals surface area contributed by atoms with Crippen LogP contribution >= 0.6 is 0 Å². The Balaban J connectivity index is 2.30. The molecule has 0 unspecified atom stereocenters. The third-order valence-corrected chi connectivity index (χ3v) is 2.20. The van der Waals surface area contributed by atoms with E-state index in [9.17, 15) is 9.59 Å². The van der Waals surface area contributed by atoms with Crippen LogP contribution in [-0.2, 0) is 9.59 Å². The number of hydrogen-bond acceptors (Lipinski definition) is 3. The highest BCUT2D eigenvalue weighted by Crippen LogP contribution is 2.23. The molecule has 0 aliphatic carbocycles. The van der Waals surface area contributed by atoms with Gasteiger partial charge in [-0.25, -0.2) is 4.90 Å². The van der Waals surface area contributed by atoms with E-state index < -0.39 is 0 Å². The molecule has 82 valence electrons. The molecule has 0 spiro atoms. The summed E-state index contributed by atoms with van der Waals surface area (Å²) in [5, 5.41) is 0. The molecule has 0 saturated carbocycles. The van der Waals surface area contributed by atoms with Crippen LogP contribution in [0.1, 0.15) is 6.92 Å². The molecule has 0 fully saturated rings. The molecule has 16 heavy (non-hydrogen) atoms. The average Bonchev–Trinajstić information content (AvgIpc) is 2.59. The predicted molar refractivity (Wildman–Crippen MR) is 59.2 cm³/mol. The minimum absolute atomic E-state index is 0.321. The zero-order valence-electron chi connectivity index (χ0n) is 8.84. The van der Waals surface area contributed by atoms with Crippen molar-refractivity contribution in [3.8, 4) is 5.75 Å². The Morgan fingerprint density at radius 1 is 1.19 bits per heavy atom. The fourth-order valence-corrected chi connectivity index (χ4v) is 1.53. The van der Waals surface area contributed by atoms with Crippen LogP contribution in [0.4, 0.5) is 5.69 Å². The Kier molecular flexibility index (Phi) is 2.72. The lowest BCUT2D eigenvalue weighted by Crippen LogP contribution is -2.29. The number of carbonyl (C=O) groups excluding carboxylic acids is 2. The Bertz CT molecular complexity index is 447. The molecule has 1 aromatic carbocycles. The fraction of sp³-hybridized carbons (Fsp3) is 0.167. The van der Waals surface area contributed by atoms with Gasteiger partial charge in [0.25, 0.3) is 11.8 Å². The molecular formula is C12H11NO3. The number of carbonyl (C=O) groups is 2. The van der Waals surface area contributed by atoms with Crippen molar-refractivity contribution in [2.24, 2.45) is 0 Å². The van der Waals surface area contributed by atoms with E-state index in [0.717, 1.165) is 4.90 Å². The van der Waals surface area contributed by atoms with Gasteiger partial charge < -0.3 is 4.74 Å². The van der Waals surface area contributed by atoms with Crippen LogP contribution < -0.4 is 9.64 Å².